The van der Waals surface area contributed by atoms with Crippen molar-refractivity contribution in [3.05, 3.63) is 194 Å². The van der Waals surface area contributed by atoms with Gasteiger partial charge in [0.25, 0.3) is 0 Å². The third kappa shape index (κ3) is 4.63. The fraction of sp³-hybridized carbons (Fsp3) is 0. The van der Waals surface area contributed by atoms with Crippen LogP contribution < -0.4 is 0 Å². The maximum atomic E-state index is 15.7. The standard InChI is InChI=1S/C52H30F2O/c53-42-27-14-28-43(54)52(42)49-38-23-10-8-21-36(38)48(37-22-9-11-24-39(37)49)41-26-13-30-45-51(41)50-40(25-12-29-44(50)55-45)47-34-19-6-4-17-32(34)46(31-15-2-1-3-16-31)33-18-5-7-20-35(33)47/h1-30H. The van der Waals surface area contributed by atoms with E-state index in [1.807, 2.05) is 54.6 Å². The second-order valence-corrected chi connectivity index (χ2v) is 14.1. The Morgan fingerprint density at radius 2 is 0.618 bits per heavy atom. The van der Waals surface area contributed by atoms with Gasteiger partial charge in [-0.1, -0.05) is 158 Å². The van der Waals surface area contributed by atoms with Crippen LogP contribution in [-0.4, -0.2) is 0 Å². The van der Waals surface area contributed by atoms with Crippen LogP contribution in [0.3, 0.4) is 0 Å². The summed E-state index contributed by atoms with van der Waals surface area (Å²) in [5, 5.41) is 10.1. The van der Waals surface area contributed by atoms with Crippen molar-refractivity contribution < 1.29 is 13.2 Å². The highest BCUT2D eigenvalue weighted by Gasteiger charge is 2.25. The van der Waals surface area contributed by atoms with Crippen LogP contribution in [0, 0.1) is 11.6 Å². The van der Waals surface area contributed by atoms with Crippen molar-refractivity contribution >= 4 is 65.0 Å². The average Bonchev–Trinajstić information content (AvgIpc) is 3.62. The molecule has 0 fully saturated rings. The zero-order valence-corrected chi connectivity index (χ0v) is 29.5. The second kappa shape index (κ2) is 12.2. The minimum atomic E-state index is -0.589. The maximum Gasteiger partial charge on any atom is 0.136 e. The molecule has 0 radical (unpaired) electrons. The summed E-state index contributed by atoms with van der Waals surface area (Å²) in [6.45, 7) is 0. The molecular formula is C52H30F2O. The Balaban J connectivity index is 1.29. The van der Waals surface area contributed by atoms with E-state index in [9.17, 15) is 0 Å². The van der Waals surface area contributed by atoms with Gasteiger partial charge < -0.3 is 4.42 Å². The van der Waals surface area contributed by atoms with E-state index >= 15 is 8.78 Å². The van der Waals surface area contributed by atoms with E-state index < -0.39 is 11.6 Å². The number of rotatable bonds is 4. The Labute approximate surface area is 315 Å². The van der Waals surface area contributed by atoms with E-state index in [-0.39, 0.29) is 5.56 Å². The first kappa shape index (κ1) is 31.4. The Kier molecular flexibility index (Phi) is 6.99. The summed E-state index contributed by atoms with van der Waals surface area (Å²) in [7, 11) is 0. The van der Waals surface area contributed by atoms with Gasteiger partial charge in [0.15, 0.2) is 0 Å². The highest BCUT2D eigenvalue weighted by Crippen LogP contribution is 2.51. The topological polar surface area (TPSA) is 13.1 Å². The molecule has 0 unspecified atom stereocenters. The smallest absolute Gasteiger partial charge is 0.136 e. The molecule has 258 valence electrons. The average molecular weight is 709 g/mol. The van der Waals surface area contributed by atoms with Gasteiger partial charge >= 0.3 is 0 Å². The Morgan fingerprint density at radius 1 is 0.273 bits per heavy atom. The fourth-order valence-corrected chi connectivity index (χ4v) is 9.04. The first-order valence-electron chi connectivity index (χ1n) is 18.5. The molecule has 1 nitrogen and oxygen atoms in total. The number of hydrogen-bond donors (Lipinski definition) is 0. The summed E-state index contributed by atoms with van der Waals surface area (Å²) in [5.41, 5.74) is 8.68. The van der Waals surface area contributed by atoms with Gasteiger partial charge in [0.1, 0.15) is 22.8 Å². The molecular weight excluding hydrogens is 679 g/mol. The first-order valence-corrected chi connectivity index (χ1v) is 18.5. The maximum absolute atomic E-state index is 15.7. The van der Waals surface area contributed by atoms with Crippen LogP contribution in [0.25, 0.3) is 110 Å². The molecule has 0 atom stereocenters. The first-order chi connectivity index (χ1) is 27.2. The molecule has 0 N–H and O–H groups in total. The van der Waals surface area contributed by atoms with Crippen molar-refractivity contribution in [3.63, 3.8) is 0 Å². The summed E-state index contributed by atoms with van der Waals surface area (Å²) in [4.78, 5) is 0. The monoisotopic (exact) mass is 708 g/mol. The van der Waals surface area contributed by atoms with Crippen LogP contribution in [0.2, 0.25) is 0 Å². The number of fused-ring (bicyclic) bond motifs is 7. The van der Waals surface area contributed by atoms with Gasteiger partial charge in [0.05, 0.1) is 5.56 Å². The molecule has 11 rings (SSSR count). The molecule has 0 bridgehead atoms. The molecule has 0 aliphatic carbocycles. The third-order valence-electron chi connectivity index (χ3n) is 11.2. The van der Waals surface area contributed by atoms with Crippen molar-refractivity contribution in [2.75, 3.05) is 0 Å². The predicted octanol–water partition coefficient (Wildman–Crippen LogP) is 15.1. The van der Waals surface area contributed by atoms with Crippen LogP contribution >= 0.6 is 0 Å². The molecule has 0 aliphatic rings. The summed E-state index contributed by atoms with van der Waals surface area (Å²) < 4.78 is 38.1. The summed E-state index contributed by atoms with van der Waals surface area (Å²) in [6.07, 6.45) is 0. The third-order valence-corrected chi connectivity index (χ3v) is 11.2. The van der Waals surface area contributed by atoms with Crippen molar-refractivity contribution in [1.29, 1.82) is 0 Å². The largest absolute Gasteiger partial charge is 0.456 e. The second-order valence-electron chi connectivity index (χ2n) is 14.1. The van der Waals surface area contributed by atoms with E-state index in [2.05, 4.69) is 109 Å². The summed E-state index contributed by atoms with van der Waals surface area (Å²) in [6, 6.07) is 60.6. The van der Waals surface area contributed by atoms with Gasteiger partial charge in [0.2, 0.25) is 0 Å². The lowest BCUT2D eigenvalue weighted by Crippen LogP contribution is -1.95. The normalized spacial score (nSPS) is 11.8. The van der Waals surface area contributed by atoms with Crippen LogP contribution in [0.1, 0.15) is 0 Å². The lowest BCUT2D eigenvalue weighted by Gasteiger charge is -2.19. The highest BCUT2D eigenvalue weighted by molar-refractivity contribution is 6.30. The lowest BCUT2D eigenvalue weighted by atomic mass is 9.83. The van der Waals surface area contributed by atoms with Crippen molar-refractivity contribution in [2.45, 2.75) is 0 Å². The van der Waals surface area contributed by atoms with E-state index in [0.717, 1.165) is 76.5 Å². The minimum Gasteiger partial charge on any atom is -0.456 e. The molecule has 1 aromatic heterocycles. The molecule has 0 amide bonds. The lowest BCUT2D eigenvalue weighted by molar-refractivity contribution is 0.590. The van der Waals surface area contributed by atoms with Gasteiger partial charge in [-0.3, -0.25) is 0 Å². The van der Waals surface area contributed by atoms with Crippen LogP contribution in [0.4, 0.5) is 8.78 Å². The summed E-state index contributed by atoms with van der Waals surface area (Å²) in [5.74, 6) is -1.18. The molecule has 55 heavy (non-hydrogen) atoms. The molecule has 0 saturated heterocycles. The van der Waals surface area contributed by atoms with Crippen molar-refractivity contribution in [2.24, 2.45) is 0 Å². The molecule has 10 aromatic carbocycles. The van der Waals surface area contributed by atoms with E-state index in [1.54, 1.807) is 0 Å². The number of hydrogen-bond acceptors (Lipinski definition) is 1. The molecule has 0 spiro atoms. The van der Waals surface area contributed by atoms with Gasteiger partial charge in [-0.15, -0.1) is 0 Å². The zero-order chi connectivity index (χ0) is 36.6. The Bertz CT molecular complexity index is 3210. The summed E-state index contributed by atoms with van der Waals surface area (Å²) >= 11 is 0. The van der Waals surface area contributed by atoms with E-state index in [4.69, 9.17) is 4.42 Å². The minimum absolute atomic E-state index is 0.0200. The van der Waals surface area contributed by atoms with Gasteiger partial charge in [-0.2, -0.15) is 0 Å². The van der Waals surface area contributed by atoms with Gasteiger partial charge in [-0.05, 0) is 101 Å². The van der Waals surface area contributed by atoms with Crippen molar-refractivity contribution in [3.8, 4) is 44.5 Å². The Hall–Kier alpha value is -7.10. The van der Waals surface area contributed by atoms with Gasteiger partial charge in [0, 0.05) is 16.3 Å². The van der Waals surface area contributed by atoms with E-state index in [1.165, 1.54) is 40.1 Å². The van der Waals surface area contributed by atoms with Crippen molar-refractivity contribution in [1.82, 2.24) is 0 Å². The quantitative estimate of drug-likeness (QED) is 0.166. The van der Waals surface area contributed by atoms with Gasteiger partial charge in [-0.25, -0.2) is 8.78 Å². The fourth-order valence-electron chi connectivity index (χ4n) is 9.04. The molecule has 0 saturated carbocycles. The zero-order valence-electron chi connectivity index (χ0n) is 29.5. The number of halogens is 2. The SMILES string of the molecule is Fc1cccc(F)c1-c1c2ccccc2c(-c2cccc3oc4cccc(-c5c6ccccc6c(-c6ccccc6)c6ccccc56)c4c23)c2ccccc12. The highest BCUT2D eigenvalue weighted by atomic mass is 19.1. The molecule has 11 aromatic rings. The molecule has 3 heteroatoms. The van der Waals surface area contributed by atoms with Crippen LogP contribution in [-0.2, 0) is 0 Å². The Morgan fingerprint density at radius 3 is 1.04 bits per heavy atom. The number of furan rings is 1. The molecule has 0 aliphatic heterocycles. The van der Waals surface area contributed by atoms with E-state index in [0.29, 0.717) is 5.56 Å². The van der Waals surface area contributed by atoms with Crippen LogP contribution in [0.5, 0.6) is 0 Å². The number of benzene rings is 10. The van der Waals surface area contributed by atoms with Crippen LogP contribution in [0.15, 0.2) is 186 Å². The molecule has 1 heterocycles. The predicted molar refractivity (Wildman–Crippen MR) is 225 cm³/mol.